The highest BCUT2D eigenvalue weighted by atomic mass is 16.6. The molecule has 2 saturated heterocycles. The van der Waals surface area contributed by atoms with E-state index in [0.29, 0.717) is 53.0 Å². The van der Waals surface area contributed by atoms with Crippen LogP contribution in [-0.4, -0.2) is 52.3 Å². The van der Waals surface area contributed by atoms with E-state index in [-0.39, 0.29) is 0 Å². The molecule has 3 aromatic carbocycles. The number of rotatable bonds is 6. The number of methoxy groups -OCH3 is 3. The molecule has 0 radical (unpaired) electrons. The molecule has 10 nitrogen and oxygen atoms in total. The normalized spacial score (nSPS) is 25.0. The molecule has 6 rings (SSSR count). The van der Waals surface area contributed by atoms with Gasteiger partial charge in [0.2, 0.25) is 11.8 Å². The van der Waals surface area contributed by atoms with Crippen LogP contribution in [0.25, 0.3) is 0 Å². The molecule has 3 aliphatic heterocycles. The number of ether oxygens (including phenoxy) is 5. The first-order valence-corrected chi connectivity index (χ1v) is 12.9. The van der Waals surface area contributed by atoms with Crippen LogP contribution >= 0.6 is 0 Å². The molecule has 10 heteroatoms. The fraction of sp³-hybridized carbons (Fsp3) is 0.300. The van der Waals surface area contributed by atoms with Gasteiger partial charge >= 0.3 is 5.97 Å². The smallest absolute Gasteiger partial charge is 0.331 e. The van der Waals surface area contributed by atoms with Gasteiger partial charge in [-0.2, -0.15) is 0 Å². The SMILES string of the molecule is COC(=O)[C@@]1(c2ccccc2)N[C@H](c2ccc(OC)cc2OC)[C@@H]2C(=O)N(c3ccc4c(c3)OCCO4)C(=O)[C@H]21. The van der Waals surface area contributed by atoms with Gasteiger partial charge in [0.25, 0.3) is 0 Å². The third-order valence-electron chi connectivity index (χ3n) is 7.86. The van der Waals surface area contributed by atoms with Crippen molar-refractivity contribution in [3.8, 4) is 23.0 Å². The lowest BCUT2D eigenvalue weighted by Gasteiger charge is -2.33. The number of nitrogens with one attached hydrogen (secondary N) is 1. The molecule has 0 aromatic heterocycles. The van der Waals surface area contributed by atoms with Crippen LogP contribution in [0.15, 0.2) is 66.7 Å². The lowest BCUT2D eigenvalue weighted by atomic mass is 9.75. The monoisotopic (exact) mass is 544 g/mol. The van der Waals surface area contributed by atoms with E-state index in [2.05, 4.69) is 5.32 Å². The lowest BCUT2D eigenvalue weighted by molar-refractivity contribution is -0.152. The average molecular weight is 545 g/mol. The van der Waals surface area contributed by atoms with Crippen molar-refractivity contribution in [1.29, 1.82) is 0 Å². The van der Waals surface area contributed by atoms with E-state index in [4.69, 9.17) is 23.7 Å². The number of anilines is 1. The molecule has 0 unspecified atom stereocenters. The topological polar surface area (TPSA) is 113 Å². The summed E-state index contributed by atoms with van der Waals surface area (Å²) in [4.78, 5) is 43.5. The second-order valence-electron chi connectivity index (χ2n) is 9.74. The fourth-order valence-corrected chi connectivity index (χ4v) is 6.11. The Bertz CT molecular complexity index is 1490. The maximum atomic E-state index is 14.3. The Labute approximate surface area is 230 Å². The fourth-order valence-electron chi connectivity index (χ4n) is 6.11. The number of imide groups is 1. The number of fused-ring (bicyclic) bond motifs is 2. The van der Waals surface area contributed by atoms with Gasteiger partial charge in [0.05, 0.1) is 38.9 Å². The van der Waals surface area contributed by atoms with Gasteiger partial charge in [-0.3, -0.25) is 14.9 Å². The first kappa shape index (κ1) is 25.7. The molecule has 40 heavy (non-hydrogen) atoms. The summed E-state index contributed by atoms with van der Waals surface area (Å²) >= 11 is 0. The summed E-state index contributed by atoms with van der Waals surface area (Å²) in [6.45, 7) is 0.764. The second kappa shape index (κ2) is 9.87. The number of esters is 1. The van der Waals surface area contributed by atoms with Crippen LogP contribution in [-0.2, 0) is 24.7 Å². The summed E-state index contributed by atoms with van der Waals surface area (Å²) in [6, 6.07) is 18.2. The molecule has 3 heterocycles. The maximum Gasteiger partial charge on any atom is 0.331 e. The first-order valence-electron chi connectivity index (χ1n) is 12.9. The number of carbonyl (C=O) groups is 3. The van der Waals surface area contributed by atoms with Gasteiger partial charge in [-0.25, -0.2) is 9.69 Å². The molecular weight excluding hydrogens is 516 g/mol. The van der Waals surface area contributed by atoms with E-state index >= 15 is 0 Å². The average Bonchev–Trinajstić information content (AvgIpc) is 3.50. The van der Waals surface area contributed by atoms with Gasteiger partial charge in [0, 0.05) is 23.7 Å². The van der Waals surface area contributed by atoms with Gasteiger partial charge in [-0.05, 0) is 23.8 Å². The molecule has 4 atom stereocenters. The second-order valence-corrected chi connectivity index (χ2v) is 9.74. The van der Waals surface area contributed by atoms with Crippen molar-refractivity contribution >= 4 is 23.5 Å². The van der Waals surface area contributed by atoms with Crippen molar-refractivity contribution in [3.05, 3.63) is 77.9 Å². The van der Waals surface area contributed by atoms with E-state index in [0.717, 1.165) is 4.90 Å². The Balaban J connectivity index is 1.54. The zero-order chi connectivity index (χ0) is 28.0. The zero-order valence-electron chi connectivity index (χ0n) is 22.2. The Morgan fingerprint density at radius 1 is 0.900 bits per heavy atom. The molecule has 0 saturated carbocycles. The minimum atomic E-state index is -1.65. The number of amides is 2. The molecule has 0 bridgehead atoms. The van der Waals surface area contributed by atoms with E-state index < -0.39 is 41.2 Å². The highest BCUT2D eigenvalue weighted by Crippen LogP contribution is 2.55. The summed E-state index contributed by atoms with van der Waals surface area (Å²) < 4.78 is 27.7. The van der Waals surface area contributed by atoms with Crippen molar-refractivity contribution in [3.63, 3.8) is 0 Å². The first-order chi connectivity index (χ1) is 19.4. The third kappa shape index (κ3) is 3.70. The van der Waals surface area contributed by atoms with Gasteiger partial charge in [0.15, 0.2) is 17.0 Å². The van der Waals surface area contributed by atoms with Crippen molar-refractivity contribution in [2.75, 3.05) is 39.4 Å². The molecule has 0 aliphatic carbocycles. The predicted molar refractivity (Wildman–Crippen MR) is 142 cm³/mol. The number of hydrogen-bond donors (Lipinski definition) is 1. The van der Waals surface area contributed by atoms with Crippen LogP contribution in [0, 0.1) is 11.8 Å². The summed E-state index contributed by atoms with van der Waals surface area (Å²) in [5, 5.41) is 3.38. The van der Waals surface area contributed by atoms with E-state index in [1.807, 2.05) is 6.07 Å². The summed E-state index contributed by atoms with van der Waals surface area (Å²) in [6.07, 6.45) is 0. The largest absolute Gasteiger partial charge is 0.497 e. The highest BCUT2D eigenvalue weighted by molar-refractivity contribution is 6.24. The van der Waals surface area contributed by atoms with E-state index in [1.165, 1.54) is 14.2 Å². The van der Waals surface area contributed by atoms with Crippen LogP contribution in [0.2, 0.25) is 0 Å². The quantitative estimate of drug-likeness (QED) is 0.370. The number of hydrogen-bond acceptors (Lipinski definition) is 9. The molecule has 0 spiro atoms. The molecular formula is C30H28N2O8. The Hall–Kier alpha value is -4.57. The summed E-state index contributed by atoms with van der Waals surface area (Å²) in [7, 11) is 4.32. The zero-order valence-corrected chi connectivity index (χ0v) is 22.2. The van der Waals surface area contributed by atoms with Crippen molar-refractivity contribution in [2.45, 2.75) is 11.6 Å². The Morgan fingerprint density at radius 2 is 1.65 bits per heavy atom. The van der Waals surface area contributed by atoms with Crippen LogP contribution in [0.4, 0.5) is 5.69 Å². The highest BCUT2D eigenvalue weighted by Gasteiger charge is 2.70. The predicted octanol–water partition coefficient (Wildman–Crippen LogP) is 2.99. The molecule has 2 fully saturated rings. The molecule has 3 aliphatic rings. The minimum Gasteiger partial charge on any atom is -0.497 e. The van der Waals surface area contributed by atoms with Crippen LogP contribution in [0.3, 0.4) is 0 Å². The third-order valence-corrected chi connectivity index (χ3v) is 7.86. The van der Waals surface area contributed by atoms with Gasteiger partial charge in [-0.1, -0.05) is 36.4 Å². The molecule has 206 valence electrons. The molecule has 1 N–H and O–H groups in total. The Morgan fingerprint density at radius 3 is 2.35 bits per heavy atom. The van der Waals surface area contributed by atoms with Gasteiger partial charge in [0.1, 0.15) is 24.7 Å². The molecule has 3 aromatic rings. The molecule has 2 amide bonds. The van der Waals surface area contributed by atoms with Crippen molar-refractivity contribution in [2.24, 2.45) is 11.8 Å². The van der Waals surface area contributed by atoms with Crippen LogP contribution < -0.4 is 29.2 Å². The van der Waals surface area contributed by atoms with Crippen LogP contribution in [0.5, 0.6) is 23.0 Å². The maximum absolute atomic E-state index is 14.3. The summed E-state index contributed by atoms with van der Waals surface area (Å²) in [5.74, 6) is -1.74. The standard InChI is InChI=1S/C30H28N2O8/c1-36-19-10-11-20(22(16-19)37-2)26-24-25(30(31-26,29(35)38-3)17-7-5-4-6-8-17)28(34)32(27(24)33)18-9-12-21-23(15-18)40-14-13-39-21/h4-12,15-16,24-26,31H,13-14H2,1-3H3/t24-,25+,26-,30+/m1/s1. The summed E-state index contributed by atoms with van der Waals surface area (Å²) in [5.41, 5.74) is -0.200. The number of benzene rings is 3. The van der Waals surface area contributed by atoms with Crippen molar-refractivity contribution < 1.29 is 38.1 Å². The minimum absolute atomic E-state index is 0.334. The van der Waals surface area contributed by atoms with E-state index in [1.54, 1.807) is 67.8 Å². The van der Waals surface area contributed by atoms with Crippen molar-refractivity contribution in [1.82, 2.24) is 5.32 Å². The van der Waals surface area contributed by atoms with Gasteiger partial charge < -0.3 is 23.7 Å². The number of carbonyl (C=O) groups excluding carboxylic acids is 3. The van der Waals surface area contributed by atoms with E-state index in [9.17, 15) is 14.4 Å². The number of nitrogens with zero attached hydrogens (tertiary/aromatic N) is 1. The Kier molecular flexibility index (Phi) is 6.34. The lowest BCUT2D eigenvalue weighted by Crippen LogP contribution is -2.53. The van der Waals surface area contributed by atoms with Gasteiger partial charge in [-0.15, -0.1) is 0 Å². The van der Waals surface area contributed by atoms with Crippen LogP contribution in [0.1, 0.15) is 17.2 Å².